The van der Waals surface area contributed by atoms with Gasteiger partial charge in [0.25, 0.3) is 0 Å². The zero-order chi connectivity index (χ0) is 20.2. The van der Waals surface area contributed by atoms with Crippen LogP contribution in [0.25, 0.3) is 10.6 Å². The van der Waals surface area contributed by atoms with Crippen molar-refractivity contribution in [3.63, 3.8) is 0 Å². The van der Waals surface area contributed by atoms with E-state index in [1.165, 1.54) is 5.56 Å². The van der Waals surface area contributed by atoms with Gasteiger partial charge in [-0.05, 0) is 23.8 Å². The molecular formula is C21H19BrN4OS2. The van der Waals surface area contributed by atoms with Gasteiger partial charge in [0.2, 0.25) is 0 Å². The smallest absolute Gasteiger partial charge is 0.191 e. The Morgan fingerprint density at radius 3 is 2.76 bits per heavy atom. The number of rotatable bonds is 7. The van der Waals surface area contributed by atoms with Gasteiger partial charge in [0.05, 0.1) is 18.4 Å². The molecule has 0 atom stereocenters. The fourth-order valence-electron chi connectivity index (χ4n) is 2.89. The first-order valence-electron chi connectivity index (χ1n) is 8.97. The first-order valence-corrected chi connectivity index (χ1v) is 11.6. The van der Waals surface area contributed by atoms with Crippen LogP contribution in [0.3, 0.4) is 0 Å². The number of methoxy groups -OCH3 is 1. The number of ether oxygens (including phenoxy) is 1. The van der Waals surface area contributed by atoms with Crippen LogP contribution in [-0.2, 0) is 19.2 Å². The second kappa shape index (κ2) is 9.11. The van der Waals surface area contributed by atoms with E-state index < -0.39 is 0 Å². The van der Waals surface area contributed by atoms with Crippen LogP contribution in [0.5, 0.6) is 5.75 Å². The maximum absolute atomic E-state index is 5.48. The molecule has 5 nitrogen and oxygen atoms in total. The molecule has 0 fully saturated rings. The number of thiazole rings is 1. The summed E-state index contributed by atoms with van der Waals surface area (Å²) < 4.78 is 8.54. The predicted molar refractivity (Wildman–Crippen MR) is 122 cm³/mol. The quantitative estimate of drug-likeness (QED) is 0.318. The molecule has 0 bridgehead atoms. The highest BCUT2D eigenvalue weighted by molar-refractivity contribution is 9.10. The van der Waals surface area contributed by atoms with E-state index in [2.05, 4.69) is 48.2 Å². The lowest BCUT2D eigenvalue weighted by atomic mass is 10.1. The second-order valence-electron chi connectivity index (χ2n) is 6.40. The number of benzene rings is 2. The van der Waals surface area contributed by atoms with E-state index >= 15 is 0 Å². The molecule has 0 unspecified atom stereocenters. The molecule has 29 heavy (non-hydrogen) atoms. The largest absolute Gasteiger partial charge is 0.496 e. The van der Waals surface area contributed by atoms with Gasteiger partial charge in [-0.2, -0.15) is 0 Å². The summed E-state index contributed by atoms with van der Waals surface area (Å²) in [5.41, 5.74) is 3.24. The molecule has 0 aliphatic heterocycles. The molecule has 0 saturated heterocycles. The molecule has 2 heterocycles. The summed E-state index contributed by atoms with van der Waals surface area (Å²) in [5.74, 6) is 2.52. The Morgan fingerprint density at radius 2 is 1.97 bits per heavy atom. The van der Waals surface area contributed by atoms with E-state index in [4.69, 9.17) is 9.72 Å². The number of halogens is 1. The number of nitrogens with zero attached hydrogens (tertiary/aromatic N) is 4. The SMILES string of the molecule is COc1ccc(Br)cc1-c1nc(CSc2nnc(Cc3ccccc3)n2C)cs1. The molecule has 0 aliphatic carbocycles. The fourth-order valence-corrected chi connectivity index (χ4v) is 5.02. The topological polar surface area (TPSA) is 52.8 Å². The normalized spacial score (nSPS) is 11.0. The molecule has 4 rings (SSSR count). The van der Waals surface area contributed by atoms with Crippen molar-refractivity contribution in [2.24, 2.45) is 7.05 Å². The summed E-state index contributed by atoms with van der Waals surface area (Å²) in [4.78, 5) is 4.79. The van der Waals surface area contributed by atoms with Crippen LogP contribution in [-0.4, -0.2) is 26.9 Å². The summed E-state index contributed by atoms with van der Waals surface area (Å²) in [6.07, 6.45) is 0.772. The monoisotopic (exact) mass is 486 g/mol. The minimum absolute atomic E-state index is 0.740. The molecule has 0 saturated carbocycles. The van der Waals surface area contributed by atoms with Crippen LogP contribution in [0.2, 0.25) is 0 Å². The number of hydrogen-bond donors (Lipinski definition) is 0. The van der Waals surface area contributed by atoms with Gasteiger partial charge in [-0.1, -0.05) is 58.0 Å². The van der Waals surface area contributed by atoms with Crippen molar-refractivity contribution < 1.29 is 4.74 Å². The Hall–Kier alpha value is -2.16. The minimum Gasteiger partial charge on any atom is -0.496 e. The third kappa shape index (κ3) is 4.71. The lowest BCUT2D eigenvalue weighted by molar-refractivity contribution is 0.416. The lowest BCUT2D eigenvalue weighted by Crippen LogP contribution is -2.00. The standard InChI is InChI=1S/C21H19BrN4OS2/c1-26-19(10-14-6-4-3-5-7-14)24-25-21(26)29-13-16-12-28-20(23-16)17-11-15(22)8-9-18(17)27-2/h3-9,11-12H,10,13H2,1-2H3. The summed E-state index contributed by atoms with van der Waals surface area (Å²) in [6.45, 7) is 0. The van der Waals surface area contributed by atoms with Crippen molar-refractivity contribution in [3.05, 3.63) is 75.5 Å². The van der Waals surface area contributed by atoms with Crippen molar-refractivity contribution in [1.82, 2.24) is 19.7 Å². The summed E-state index contributed by atoms with van der Waals surface area (Å²) >= 11 is 6.79. The molecule has 0 aliphatic rings. The molecular weight excluding hydrogens is 468 g/mol. The third-order valence-electron chi connectivity index (χ3n) is 4.42. The van der Waals surface area contributed by atoms with E-state index in [1.54, 1.807) is 30.2 Å². The van der Waals surface area contributed by atoms with E-state index in [-0.39, 0.29) is 0 Å². The summed E-state index contributed by atoms with van der Waals surface area (Å²) in [7, 11) is 3.69. The van der Waals surface area contributed by atoms with Gasteiger partial charge in [-0.3, -0.25) is 0 Å². The van der Waals surface area contributed by atoms with E-state index in [1.807, 2.05) is 43.4 Å². The number of hydrogen-bond acceptors (Lipinski definition) is 6. The molecule has 2 aromatic carbocycles. The number of aromatic nitrogens is 4. The first kappa shape index (κ1) is 20.1. The van der Waals surface area contributed by atoms with Gasteiger partial charge in [0.15, 0.2) is 5.16 Å². The Balaban J connectivity index is 1.45. The van der Waals surface area contributed by atoms with Crippen LogP contribution in [0.15, 0.2) is 63.5 Å². The fraction of sp³-hybridized carbons (Fsp3) is 0.190. The van der Waals surface area contributed by atoms with Gasteiger partial charge in [0.1, 0.15) is 16.6 Å². The van der Waals surface area contributed by atoms with Gasteiger partial charge in [-0.15, -0.1) is 21.5 Å². The van der Waals surface area contributed by atoms with E-state index in [0.717, 1.165) is 49.6 Å². The van der Waals surface area contributed by atoms with Gasteiger partial charge in [0, 0.05) is 29.1 Å². The lowest BCUT2D eigenvalue weighted by Gasteiger charge is -2.06. The average Bonchev–Trinajstić information content (AvgIpc) is 3.35. The van der Waals surface area contributed by atoms with Crippen LogP contribution in [0, 0.1) is 0 Å². The minimum atomic E-state index is 0.740. The summed E-state index contributed by atoms with van der Waals surface area (Å²) in [5, 5.41) is 12.6. The van der Waals surface area contributed by atoms with Crippen molar-refractivity contribution in [2.45, 2.75) is 17.3 Å². The van der Waals surface area contributed by atoms with Crippen molar-refractivity contribution in [2.75, 3.05) is 7.11 Å². The van der Waals surface area contributed by atoms with Crippen LogP contribution in [0.1, 0.15) is 17.1 Å². The highest BCUT2D eigenvalue weighted by atomic mass is 79.9. The molecule has 0 amide bonds. The Bertz CT molecular complexity index is 1110. The zero-order valence-corrected chi connectivity index (χ0v) is 19.2. The molecule has 148 valence electrons. The molecule has 2 aromatic heterocycles. The maximum atomic E-state index is 5.48. The molecule has 8 heteroatoms. The molecule has 0 spiro atoms. The van der Waals surface area contributed by atoms with Gasteiger partial charge in [-0.25, -0.2) is 4.98 Å². The Labute approximate surface area is 186 Å². The average molecular weight is 487 g/mol. The highest BCUT2D eigenvalue weighted by Crippen LogP contribution is 2.35. The van der Waals surface area contributed by atoms with Crippen molar-refractivity contribution >= 4 is 39.0 Å². The van der Waals surface area contributed by atoms with E-state index in [0.29, 0.717) is 0 Å². The van der Waals surface area contributed by atoms with Crippen LogP contribution >= 0.6 is 39.0 Å². The maximum Gasteiger partial charge on any atom is 0.191 e. The van der Waals surface area contributed by atoms with Crippen LogP contribution in [0.4, 0.5) is 0 Å². The van der Waals surface area contributed by atoms with E-state index in [9.17, 15) is 0 Å². The highest BCUT2D eigenvalue weighted by Gasteiger charge is 2.14. The predicted octanol–water partition coefficient (Wildman–Crippen LogP) is 5.59. The Morgan fingerprint density at radius 1 is 1.14 bits per heavy atom. The molecule has 0 N–H and O–H groups in total. The Kier molecular flexibility index (Phi) is 6.32. The third-order valence-corrected chi connectivity index (χ3v) is 6.89. The molecule has 0 radical (unpaired) electrons. The van der Waals surface area contributed by atoms with Crippen molar-refractivity contribution in [1.29, 1.82) is 0 Å². The first-order chi connectivity index (χ1) is 14.1. The summed E-state index contributed by atoms with van der Waals surface area (Å²) in [6, 6.07) is 16.3. The van der Waals surface area contributed by atoms with Gasteiger partial charge >= 0.3 is 0 Å². The van der Waals surface area contributed by atoms with Crippen LogP contribution < -0.4 is 4.74 Å². The van der Waals surface area contributed by atoms with Gasteiger partial charge < -0.3 is 9.30 Å². The second-order valence-corrected chi connectivity index (χ2v) is 9.11. The number of thioether (sulfide) groups is 1. The van der Waals surface area contributed by atoms with Crippen molar-refractivity contribution in [3.8, 4) is 16.3 Å². The zero-order valence-electron chi connectivity index (χ0n) is 16.0. The molecule has 4 aromatic rings.